The Bertz CT molecular complexity index is 1350. The number of aromatic nitrogens is 3. The first-order chi connectivity index (χ1) is 15.1. The van der Waals surface area contributed by atoms with Crippen LogP contribution in [0.2, 0.25) is 0 Å². The number of hydrogen-bond acceptors (Lipinski definition) is 5. The van der Waals surface area contributed by atoms with Gasteiger partial charge >= 0.3 is 5.97 Å². The summed E-state index contributed by atoms with van der Waals surface area (Å²) in [6, 6.07) is 14.7. The molecule has 0 saturated heterocycles. The SMILES string of the molecule is N#C/C(=C(/O)COC(=O)c1ccc2[nH]c3c(c2c1)CCCC3)c1nc2ccccc2[nH]1. The van der Waals surface area contributed by atoms with Gasteiger partial charge in [0.25, 0.3) is 0 Å². The molecule has 2 aromatic heterocycles. The number of fused-ring (bicyclic) bond motifs is 4. The Balaban J connectivity index is 1.37. The summed E-state index contributed by atoms with van der Waals surface area (Å²) < 4.78 is 5.29. The molecule has 0 atom stereocenters. The lowest BCUT2D eigenvalue weighted by molar-refractivity contribution is 0.0503. The number of nitrogens with zero attached hydrogens (tertiary/aromatic N) is 2. The molecule has 154 valence electrons. The number of nitrogens with one attached hydrogen (secondary N) is 2. The zero-order valence-corrected chi connectivity index (χ0v) is 16.7. The highest BCUT2D eigenvalue weighted by Crippen LogP contribution is 2.30. The van der Waals surface area contributed by atoms with Crippen LogP contribution in [0.4, 0.5) is 0 Å². The van der Waals surface area contributed by atoms with Crippen LogP contribution in [0.1, 0.15) is 40.3 Å². The average molecular weight is 412 g/mol. The van der Waals surface area contributed by atoms with Gasteiger partial charge in [-0.15, -0.1) is 0 Å². The molecule has 3 N–H and O–H groups in total. The van der Waals surface area contributed by atoms with Crippen molar-refractivity contribution in [3.8, 4) is 6.07 Å². The van der Waals surface area contributed by atoms with Crippen molar-refractivity contribution in [2.45, 2.75) is 25.7 Å². The van der Waals surface area contributed by atoms with Crippen molar-refractivity contribution in [1.29, 1.82) is 5.26 Å². The number of benzene rings is 2. The Kier molecular flexibility index (Phi) is 4.68. The van der Waals surface area contributed by atoms with E-state index in [-0.39, 0.29) is 17.2 Å². The Hall–Kier alpha value is -4.05. The van der Waals surface area contributed by atoms with Crippen LogP contribution in [-0.4, -0.2) is 32.6 Å². The van der Waals surface area contributed by atoms with Crippen LogP contribution in [0, 0.1) is 11.3 Å². The van der Waals surface area contributed by atoms with Crippen molar-refractivity contribution in [2.24, 2.45) is 0 Å². The second-order valence-electron chi connectivity index (χ2n) is 7.66. The van der Waals surface area contributed by atoms with Gasteiger partial charge in [0.05, 0.1) is 16.6 Å². The molecule has 7 nitrogen and oxygen atoms in total. The number of aromatic amines is 2. The number of para-hydroxylation sites is 2. The zero-order valence-electron chi connectivity index (χ0n) is 16.7. The summed E-state index contributed by atoms with van der Waals surface area (Å²) in [7, 11) is 0. The average Bonchev–Trinajstić information content (AvgIpc) is 3.38. The third-order valence-electron chi connectivity index (χ3n) is 5.70. The van der Waals surface area contributed by atoms with E-state index in [0.717, 1.165) is 35.7 Å². The molecule has 2 aromatic carbocycles. The number of nitriles is 1. The molecule has 7 heteroatoms. The zero-order chi connectivity index (χ0) is 21.4. The third kappa shape index (κ3) is 3.42. The van der Waals surface area contributed by atoms with Crippen molar-refractivity contribution >= 4 is 33.5 Å². The number of esters is 1. The van der Waals surface area contributed by atoms with Crippen molar-refractivity contribution < 1.29 is 14.6 Å². The highest BCUT2D eigenvalue weighted by atomic mass is 16.5. The number of ether oxygens (including phenoxy) is 1. The van der Waals surface area contributed by atoms with Gasteiger partial charge in [0.1, 0.15) is 18.2 Å². The minimum atomic E-state index is -0.555. The molecule has 5 rings (SSSR count). The van der Waals surface area contributed by atoms with Gasteiger partial charge in [-0.05, 0) is 61.6 Å². The summed E-state index contributed by atoms with van der Waals surface area (Å²) in [6.07, 6.45) is 4.35. The van der Waals surface area contributed by atoms with Gasteiger partial charge in [0, 0.05) is 16.6 Å². The molecule has 1 aliphatic rings. The summed E-state index contributed by atoms with van der Waals surface area (Å²) in [5, 5.41) is 20.9. The van der Waals surface area contributed by atoms with E-state index in [4.69, 9.17) is 4.74 Å². The number of carbonyl (C=O) groups is 1. The van der Waals surface area contributed by atoms with Gasteiger partial charge in [-0.1, -0.05) is 12.1 Å². The topological polar surface area (TPSA) is 115 Å². The number of aryl methyl sites for hydroxylation is 2. The molecule has 0 radical (unpaired) electrons. The van der Waals surface area contributed by atoms with Crippen LogP contribution >= 0.6 is 0 Å². The summed E-state index contributed by atoms with van der Waals surface area (Å²) in [5.74, 6) is -0.672. The first kappa shape index (κ1) is 18.9. The van der Waals surface area contributed by atoms with Gasteiger partial charge in [0.15, 0.2) is 11.6 Å². The summed E-state index contributed by atoms with van der Waals surface area (Å²) in [4.78, 5) is 23.4. The van der Waals surface area contributed by atoms with Gasteiger partial charge in [-0.25, -0.2) is 9.78 Å². The quantitative estimate of drug-likeness (QED) is 0.258. The Labute approximate surface area is 178 Å². The fourth-order valence-electron chi connectivity index (χ4n) is 4.15. The van der Waals surface area contributed by atoms with Crippen LogP contribution in [0.25, 0.3) is 27.5 Å². The van der Waals surface area contributed by atoms with Gasteiger partial charge in [0.2, 0.25) is 0 Å². The lowest BCUT2D eigenvalue weighted by Crippen LogP contribution is -2.09. The van der Waals surface area contributed by atoms with E-state index in [2.05, 4.69) is 15.0 Å². The highest BCUT2D eigenvalue weighted by Gasteiger charge is 2.19. The maximum atomic E-state index is 12.6. The lowest BCUT2D eigenvalue weighted by atomic mass is 9.95. The summed E-state index contributed by atoms with van der Waals surface area (Å²) >= 11 is 0. The fraction of sp³-hybridized carbons (Fsp3) is 0.208. The minimum absolute atomic E-state index is 0.0563. The number of aliphatic hydroxyl groups is 1. The molecule has 0 saturated carbocycles. The number of allylic oxidation sites excluding steroid dienone is 1. The van der Waals surface area contributed by atoms with E-state index in [0.29, 0.717) is 11.1 Å². The third-order valence-corrected chi connectivity index (χ3v) is 5.70. The van der Waals surface area contributed by atoms with Gasteiger partial charge < -0.3 is 19.8 Å². The number of hydrogen-bond donors (Lipinski definition) is 3. The maximum absolute atomic E-state index is 12.6. The lowest BCUT2D eigenvalue weighted by Gasteiger charge is -2.10. The van der Waals surface area contributed by atoms with Crippen LogP contribution < -0.4 is 0 Å². The summed E-state index contributed by atoms with van der Waals surface area (Å²) in [5.41, 5.74) is 5.32. The molecule has 0 amide bonds. The largest absolute Gasteiger partial charge is 0.507 e. The van der Waals surface area contributed by atoms with Crippen LogP contribution in [-0.2, 0) is 17.6 Å². The minimum Gasteiger partial charge on any atom is -0.507 e. The second-order valence-corrected chi connectivity index (χ2v) is 7.66. The molecule has 31 heavy (non-hydrogen) atoms. The standard InChI is InChI=1S/C24H20N4O3/c25-12-17(23-27-20-7-3-4-8-21(20)28-23)22(29)13-31-24(30)14-9-10-19-16(11-14)15-5-1-2-6-18(15)26-19/h3-4,7-11,26,29H,1-2,5-6,13H2,(H,27,28)/b22-17-. The molecule has 2 heterocycles. The predicted octanol–water partition coefficient (Wildman–Crippen LogP) is 4.57. The molecule has 0 unspecified atom stereocenters. The monoisotopic (exact) mass is 412 g/mol. The van der Waals surface area contributed by atoms with Crippen LogP contribution in [0.5, 0.6) is 0 Å². The first-order valence-corrected chi connectivity index (χ1v) is 10.2. The molecule has 4 aromatic rings. The van der Waals surface area contributed by atoms with Gasteiger partial charge in [-0.2, -0.15) is 5.26 Å². The van der Waals surface area contributed by atoms with Crippen molar-refractivity contribution in [3.63, 3.8) is 0 Å². The molecule has 0 bridgehead atoms. The number of imidazole rings is 1. The van der Waals surface area contributed by atoms with Crippen molar-refractivity contribution in [2.75, 3.05) is 6.61 Å². The molecular weight excluding hydrogens is 392 g/mol. The fourth-order valence-corrected chi connectivity index (χ4v) is 4.15. The molecule has 0 aliphatic heterocycles. The van der Waals surface area contributed by atoms with E-state index < -0.39 is 12.6 Å². The Morgan fingerprint density at radius 3 is 2.81 bits per heavy atom. The number of H-pyrrole nitrogens is 2. The Morgan fingerprint density at radius 1 is 1.13 bits per heavy atom. The van der Waals surface area contributed by atoms with E-state index in [1.54, 1.807) is 12.1 Å². The van der Waals surface area contributed by atoms with Crippen LogP contribution in [0.3, 0.4) is 0 Å². The predicted molar refractivity (Wildman–Crippen MR) is 116 cm³/mol. The van der Waals surface area contributed by atoms with E-state index in [1.807, 2.05) is 36.4 Å². The van der Waals surface area contributed by atoms with E-state index in [1.165, 1.54) is 17.7 Å². The van der Waals surface area contributed by atoms with Crippen LogP contribution in [0.15, 0.2) is 48.2 Å². The van der Waals surface area contributed by atoms with Gasteiger partial charge in [-0.3, -0.25) is 0 Å². The van der Waals surface area contributed by atoms with E-state index in [9.17, 15) is 15.2 Å². The molecule has 0 spiro atoms. The first-order valence-electron chi connectivity index (χ1n) is 10.2. The number of carbonyl (C=O) groups excluding carboxylic acids is 1. The molecule has 0 fully saturated rings. The van der Waals surface area contributed by atoms with Crippen molar-refractivity contribution in [1.82, 2.24) is 15.0 Å². The smallest absolute Gasteiger partial charge is 0.338 e. The molecule has 1 aliphatic carbocycles. The second kappa shape index (κ2) is 7.65. The normalized spacial score (nSPS) is 14.2. The maximum Gasteiger partial charge on any atom is 0.338 e. The number of rotatable bonds is 4. The summed E-state index contributed by atoms with van der Waals surface area (Å²) in [6.45, 7) is -0.415. The molecular formula is C24H20N4O3. The van der Waals surface area contributed by atoms with E-state index >= 15 is 0 Å². The Morgan fingerprint density at radius 2 is 1.97 bits per heavy atom. The van der Waals surface area contributed by atoms with Crippen molar-refractivity contribution in [3.05, 3.63) is 70.9 Å². The highest BCUT2D eigenvalue weighted by molar-refractivity contribution is 5.96. The number of aliphatic hydroxyl groups excluding tert-OH is 1.